The quantitative estimate of drug-likeness (QED) is 0.774. The maximum atomic E-state index is 9.10. The average Bonchev–Trinajstić information content (AvgIpc) is 2.19. The van der Waals surface area contributed by atoms with Gasteiger partial charge in [0.1, 0.15) is 5.75 Å². The van der Waals surface area contributed by atoms with Gasteiger partial charge in [0.25, 0.3) is 0 Å². The molecule has 1 rings (SSSR count). The van der Waals surface area contributed by atoms with Crippen LogP contribution < -0.4 is 10.5 Å². The molecule has 84 valence electrons. The highest BCUT2D eigenvalue weighted by molar-refractivity contribution is 5.36. The Morgan fingerprint density at radius 2 is 2.20 bits per heavy atom. The van der Waals surface area contributed by atoms with Crippen molar-refractivity contribution in [1.29, 1.82) is 0 Å². The van der Waals surface area contributed by atoms with E-state index in [0.29, 0.717) is 19.6 Å². The number of benzene rings is 1. The molecule has 0 aliphatic carbocycles. The van der Waals surface area contributed by atoms with E-state index in [2.05, 4.69) is 0 Å². The summed E-state index contributed by atoms with van der Waals surface area (Å²) in [5, 5.41) is 9.10. The van der Waals surface area contributed by atoms with Gasteiger partial charge < -0.3 is 15.6 Å². The van der Waals surface area contributed by atoms with Gasteiger partial charge in [0.15, 0.2) is 0 Å². The molecule has 0 heterocycles. The first-order chi connectivity index (χ1) is 7.13. The van der Waals surface area contributed by atoms with Crippen molar-refractivity contribution >= 4 is 0 Å². The average molecular weight is 209 g/mol. The fourth-order valence-electron chi connectivity index (χ4n) is 1.35. The lowest BCUT2D eigenvalue weighted by Gasteiger charge is -2.11. The van der Waals surface area contributed by atoms with E-state index in [4.69, 9.17) is 15.6 Å². The molecule has 0 aliphatic rings. The molecule has 1 aromatic carbocycles. The second-order valence-corrected chi connectivity index (χ2v) is 3.80. The second kappa shape index (κ2) is 5.73. The van der Waals surface area contributed by atoms with Gasteiger partial charge in [-0.1, -0.05) is 17.7 Å². The molecule has 0 radical (unpaired) electrons. The molecule has 15 heavy (non-hydrogen) atoms. The predicted molar refractivity (Wildman–Crippen MR) is 60.9 cm³/mol. The lowest BCUT2D eigenvalue weighted by molar-refractivity contribution is 0.155. The van der Waals surface area contributed by atoms with Crippen molar-refractivity contribution in [2.45, 2.75) is 32.9 Å². The number of aryl methyl sites for hydroxylation is 1. The zero-order valence-corrected chi connectivity index (χ0v) is 9.36. The molecule has 0 fully saturated rings. The summed E-state index contributed by atoms with van der Waals surface area (Å²) in [5.41, 5.74) is 7.82. The lowest BCUT2D eigenvalue weighted by atomic mass is 10.1. The molecule has 3 nitrogen and oxygen atoms in total. The molecule has 3 N–H and O–H groups in total. The molecule has 0 aliphatic heterocycles. The van der Waals surface area contributed by atoms with Gasteiger partial charge in [0.05, 0.1) is 12.7 Å². The fourth-order valence-corrected chi connectivity index (χ4v) is 1.35. The van der Waals surface area contributed by atoms with Crippen molar-refractivity contribution < 1.29 is 9.84 Å². The Labute approximate surface area is 90.9 Å². The van der Waals surface area contributed by atoms with E-state index in [1.54, 1.807) is 6.92 Å². The Kier molecular flexibility index (Phi) is 4.59. The van der Waals surface area contributed by atoms with Crippen LogP contribution in [-0.4, -0.2) is 17.8 Å². The highest BCUT2D eigenvalue weighted by atomic mass is 16.5. The van der Waals surface area contributed by atoms with Crippen LogP contribution in [-0.2, 0) is 6.54 Å². The molecular weight excluding hydrogens is 190 g/mol. The molecule has 0 amide bonds. The van der Waals surface area contributed by atoms with Crippen molar-refractivity contribution in [1.82, 2.24) is 0 Å². The van der Waals surface area contributed by atoms with Crippen LogP contribution in [0.4, 0.5) is 0 Å². The number of aliphatic hydroxyl groups is 1. The summed E-state index contributed by atoms with van der Waals surface area (Å²) in [6, 6.07) is 5.95. The smallest absolute Gasteiger partial charge is 0.123 e. The molecule has 0 saturated carbocycles. The zero-order valence-electron chi connectivity index (χ0n) is 9.36. The number of hydrogen-bond acceptors (Lipinski definition) is 3. The summed E-state index contributed by atoms with van der Waals surface area (Å²) < 4.78 is 5.55. The first kappa shape index (κ1) is 12.0. The second-order valence-electron chi connectivity index (χ2n) is 3.80. The summed E-state index contributed by atoms with van der Waals surface area (Å²) in [6.45, 7) is 4.78. The summed E-state index contributed by atoms with van der Waals surface area (Å²) in [4.78, 5) is 0. The van der Waals surface area contributed by atoms with Crippen molar-refractivity contribution in [3.63, 3.8) is 0 Å². The first-order valence-electron chi connectivity index (χ1n) is 5.24. The Morgan fingerprint density at radius 1 is 1.47 bits per heavy atom. The highest BCUT2D eigenvalue weighted by Gasteiger charge is 2.03. The number of rotatable bonds is 5. The van der Waals surface area contributed by atoms with E-state index >= 15 is 0 Å². The van der Waals surface area contributed by atoms with E-state index in [-0.39, 0.29) is 6.10 Å². The van der Waals surface area contributed by atoms with Crippen LogP contribution >= 0.6 is 0 Å². The third kappa shape index (κ3) is 3.90. The SMILES string of the molecule is Cc1ccc(OCCC(C)O)c(CN)c1. The Balaban J connectivity index is 2.60. The van der Waals surface area contributed by atoms with Crippen LogP contribution in [0.15, 0.2) is 18.2 Å². The van der Waals surface area contributed by atoms with Gasteiger partial charge in [0.2, 0.25) is 0 Å². The van der Waals surface area contributed by atoms with Gasteiger partial charge in [-0.05, 0) is 19.9 Å². The molecule has 1 aromatic rings. The van der Waals surface area contributed by atoms with Crippen LogP contribution in [0.3, 0.4) is 0 Å². The predicted octanol–water partition coefficient (Wildman–Crippen LogP) is 1.60. The van der Waals surface area contributed by atoms with Crippen molar-refractivity contribution in [3.8, 4) is 5.75 Å². The number of aliphatic hydroxyl groups excluding tert-OH is 1. The largest absolute Gasteiger partial charge is 0.493 e. The Hall–Kier alpha value is -1.06. The number of nitrogens with two attached hydrogens (primary N) is 1. The van der Waals surface area contributed by atoms with Gasteiger partial charge in [0, 0.05) is 18.5 Å². The van der Waals surface area contributed by atoms with Crippen LogP contribution in [0.5, 0.6) is 5.75 Å². The van der Waals surface area contributed by atoms with Crippen molar-refractivity contribution in [2.75, 3.05) is 6.61 Å². The maximum Gasteiger partial charge on any atom is 0.123 e. The third-order valence-electron chi connectivity index (χ3n) is 2.23. The third-order valence-corrected chi connectivity index (χ3v) is 2.23. The minimum absolute atomic E-state index is 0.322. The molecule has 0 saturated heterocycles. The van der Waals surface area contributed by atoms with Crippen LogP contribution in [0.25, 0.3) is 0 Å². The summed E-state index contributed by atoms with van der Waals surface area (Å²) >= 11 is 0. The molecule has 3 heteroatoms. The van der Waals surface area contributed by atoms with Gasteiger partial charge in [-0.25, -0.2) is 0 Å². The van der Waals surface area contributed by atoms with Crippen LogP contribution in [0.2, 0.25) is 0 Å². The van der Waals surface area contributed by atoms with E-state index in [0.717, 1.165) is 11.3 Å². The fraction of sp³-hybridized carbons (Fsp3) is 0.500. The number of ether oxygens (including phenoxy) is 1. The van der Waals surface area contributed by atoms with Gasteiger partial charge >= 0.3 is 0 Å². The minimum Gasteiger partial charge on any atom is -0.493 e. The molecule has 0 bridgehead atoms. The van der Waals surface area contributed by atoms with Crippen molar-refractivity contribution in [2.24, 2.45) is 5.73 Å². The molecule has 1 atom stereocenters. The zero-order chi connectivity index (χ0) is 11.3. The normalized spacial score (nSPS) is 12.5. The van der Waals surface area contributed by atoms with Crippen LogP contribution in [0, 0.1) is 6.92 Å². The van der Waals surface area contributed by atoms with E-state index in [1.807, 2.05) is 25.1 Å². The van der Waals surface area contributed by atoms with E-state index < -0.39 is 0 Å². The van der Waals surface area contributed by atoms with Crippen LogP contribution in [0.1, 0.15) is 24.5 Å². The topological polar surface area (TPSA) is 55.5 Å². The molecular formula is C12H19NO2. The van der Waals surface area contributed by atoms with Gasteiger partial charge in [-0.15, -0.1) is 0 Å². The van der Waals surface area contributed by atoms with Gasteiger partial charge in [-0.2, -0.15) is 0 Å². The molecule has 0 spiro atoms. The summed E-state index contributed by atoms with van der Waals surface area (Å²) in [5.74, 6) is 0.823. The number of hydrogen-bond donors (Lipinski definition) is 2. The molecule has 1 unspecified atom stereocenters. The monoisotopic (exact) mass is 209 g/mol. The lowest BCUT2D eigenvalue weighted by Crippen LogP contribution is -2.09. The minimum atomic E-state index is -0.322. The first-order valence-corrected chi connectivity index (χ1v) is 5.24. The standard InChI is InChI=1S/C12H19NO2/c1-9-3-4-12(11(7-9)8-13)15-6-5-10(2)14/h3-4,7,10,14H,5-6,8,13H2,1-2H3. The van der Waals surface area contributed by atoms with Gasteiger partial charge in [-0.3, -0.25) is 0 Å². The molecule has 0 aromatic heterocycles. The maximum absolute atomic E-state index is 9.10. The van der Waals surface area contributed by atoms with E-state index in [1.165, 1.54) is 5.56 Å². The Morgan fingerprint density at radius 3 is 2.80 bits per heavy atom. The van der Waals surface area contributed by atoms with Crippen molar-refractivity contribution in [3.05, 3.63) is 29.3 Å². The van der Waals surface area contributed by atoms with E-state index in [9.17, 15) is 0 Å². The summed E-state index contributed by atoms with van der Waals surface area (Å²) in [6.07, 6.45) is 0.314. The Bertz CT molecular complexity index is 310. The highest BCUT2D eigenvalue weighted by Crippen LogP contribution is 2.19. The summed E-state index contributed by atoms with van der Waals surface area (Å²) in [7, 11) is 0.